The molecule has 0 radical (unpaired) electrons. The number of aromatic nitrogens is 1. The maximum Gasteiger partial charge on any atom is 0.0719 e. The van der Waals surface area contributed by atoms with Crippen LogP contribution >= 0.6 is 0 Å². The van der Waals surface area contributed by atoms with Crippen LogP contribution in [0, 0.1) is 0 Å². The van der Waals surface area contributed by atoms with E-state index in [9.17, 15) is 0 Å². The van der Waals surface area contributed by atoms with Crippen LogP contribution in [0.25, 0.3) is 60.5 Å². The molecule has 0 spiro atoms. The van der Waals surface area contributed by atoms with Gasteiger partial charge in [0.05, 0.1) is 16.4 Å². The van der Waals surface area contributed by atoms with Gasteiger partial charge in [0.2, 0.25) is 0 Å². The summed E-state index contributed by atoms with van der Waals surface area (Å²) in [6, 6.07) is 69.3. The molecular weight excluding hydrogens is 579 g/mol. The van der Waals surface area contributed by atoms with Gasteiger partial charge in [-0.1, -0.05) is 152 Å². The third-order valence-corrected chi connectivity index (χ3v) is 10.5. The van der Waals surface area contributed by atoms with Crippen LogP contribution in [0.1, 0.15) is 22.3 Å². The van der Waals surface area contributed by atoms with E-state index in [1.165, 1.54) is 82.8 Å². The number of hydrogen-bond donors (Lipinski definition) is 0. The molecule has 1 heteroatoms. The smallest absolute Gasteiger partial charge is 0.0719 e. The molecule has 0 unspecified atom stereocenters. The van der Waals surface area contributed by atoms with E-state index in [4.69, 9.17) is 0 Å². The molecule has 0 N–H and O–H groups in total. The van der Waals surface area contributed by atoms with Gasteiger partial charge in [-0.2, -0.15) is 0 Å². The summed E-state index contributed by atoms with van der Waals surface area (Å²) in [4.78, 5) is 0. The van der Waals surface area contributed by atoms with Crippen molar-refractivity contribution < 1.29 is 0 Å². The first-order chi connectivity index (χ1) is 23.8. The molecule has 10 rings (SSSR count). The lowest BCUT2D eigenvalue weighted by Gasteiger charge is -2.34. The van der Waals surface area contributed by atoms with Crippen LogP contribution in [0.5, 0.6) is 0 Å². The van der Waals surface area contributed by atoms with Crippen molar-refractivity contribution in [2.45, 2.75) is 5.41 Å². The first-order valence-corrected chi connectivity index (χ1v) is 16.7. The van der Waals surface area contributed by atoms with Crippen LogP contribution in [0.4, 0.5) is 0 Å². The van der Waals surface area contributed by atoms with Gasteiger partial charge in [0.1, 0.15) is 0 Å². The maximum absolute atomic E-state index is 2.44. The highest BCUT2D eigenvalue weighted by Gasteiger charge is 2.46. The number of hydrogen-bond acceptors (Lipinski definition) is 0. The third kappa shape index (κ3) is 3.73. The number of fused-ring (bicyclic) bond motifs is 8. The fourth-order valence-electron chi connectivity index (χ4n) is 8.46. The lowest BCUT2D eigenvalue weighted by molar-refractivity contribution is 0.775. The van der Waals surface area contributed by atoms with Gasteiger partial charge in [0.15, 0.2) is 0 Å². The standard InChI is InChI=1S/C47H31N/c1-4-14-35(15-5-1)47(36-16-6-2-7-17-36)43-22-12-10-20-38(43)40-28-26-32-24-25-33(30-41(32)46(40)47)34-27-29-45-42(31-34)39-21-11-13-23-44(39)48(45)37-18-8-3-9-19-37/h1-31H. The third-order valence-electron chi connectivity index (χ3n) is 10.5. The largest absolute Gasteiger partial charge is 0.309 e. The second kappa shape index (κ2) is 10.4. The van der Waals surface area contributed by atoms with E-state index in [0.29, 0.717) is 0 Å². The highest BCUT2D eigenvalue weighted by molar-refractivity contribution is 6.11. The topological polar surface area (TPSA) is 4.93 Å². The summed E-state index contributed by atoms with van der Waals surface area (Å²) in [5, 5.41) is 5.08. The molecule has 0 atom stereocenters. The molecule has 1 heterocycles. The molecular formula is C47H31N. The average molecular weight is 610 g/mol. The van der Waals surface area contributed by atoms with Crippen molar-refractivity contribution in [3.8, 4) is 27.9 Å². The summed E-state index contributed by atoms with van der Waals surface area (Å²) < 4.78 is 2.38. The van der Waals surface area contributed by atoms with Crippen molar-refractivity contribution in [2.75, 3.05) is 0 Å². The molecule has 1 aliphatic carbocycles. The van der Waals surface area contributed by atoms with Crippen molar-refractivity contribution in [1.82, 2.24) is 4.57 Å². The van der Waals surface area contributed by atoms with Gasteiger partial charge < -0.3 is 4.57 Å². The van der Waals surface area contributed by atoms with Crippen molar-refractivity contribution in [3.63, 3.8) is 0 Å². The molecule has 1 nitrogen and oxygen atoms in total. The van der Waals surface area contributed by atoms with Crippen molar-refractivity contribution in [2.24, 2.45) is 0 Å². The molecule has 0 bridgehead atoms. The number of benzene rings is 8. The molecule has 1 aliphatic rings. The van der Waals surface area contributed by atoms with E-state index in [0.717, 1.165) is 0 Å². The van der Waals surface area contributed by atoms with E-state index < -0.39 is 5.41 Å². The molecule has 48 heavy (non-hydrogen) atoms. The minimum absolute atomic E-state index is 0.445. The number of rotatable bonds is 4. The summed E-state index contributed by atoms with van der Waals surface area (Å²) in [7, 11) is 0. The predicted octanol–water partition coefficient (Wildman–Crippen LogP) is 12.0. The minimum Gasteiger partial charge on any atom is -0.309 e. The fraction of sp³-hybridized carbons (Fsp3) is 0.0213. The zero-order chi connectivity index (χ0) is 31.7. The number of nitrogens with zero attached hydrogens (tertiary/aromatic N) is 1. The lowest BCUT2D eigenvalue weighted by Crippen LogP contribution is -2.28. The van der Waals surface area contributed by atoms with Gasteiger partial charge >= 0.3 is 0 Å². The molecule has 9 aromatic rings. The van der Waals surface area contributed by atoms with Gasteiger partial charge in [-0.15, -0.1) is 0 Å². The Morgan fingerprint density at radius 2 is 0.938 bits per heavy atom. The molecule has 8 aromatic carbocycles. The van der Waals surface area contributed by atoms with Gasteiger partial charge in [-0.3, -0.25) is 0 Å². The molecule has 0 amide bonds. The number of para-hydroxylation sites is 2. The van der Waals surface area contributed by atoms with Gasteiger partial charge in [0, 0.05) is 16.5 Å². The Balaban J connectivity index is 1.26. The van der Waals surface area contributed by atoms with Crippen LogP contribution in [-0.2, 0) is 5.41 Å². The van der Waals surface area contributed by atoms with E-state index in [-0.39, 0.29) is 0 Å². The molecule has 0 aliphatic heterocycles. The average Bonchev–Trinajstić information content (AvgIpc) is 3.66. The summed E-state index contributed by atoms with van der Waals surface area (Å²) in [6.45, 7) is 0. The Morgan fingerprint density at radius 3 is 1.69 bits per heavy atom. The Labute approximate surface area is 280 Å². The second-order valence-electron chi connectivity index (χ2n) is 12.9. The molecule has 1 aromatic heterocycles. The zero-order valence-electron chi connectivity index (χ0n) is 26.3. The van der Waals surface area contributed by atoms with Crippen molar-refractivity contribution >= 4 is 32.6 Å². The van der Waals surface area contributed by atoms with Crippen LogP contribution in [0.3, 0.4) is 0 Å². The zero-order valence-corrected chi connectivity index (χ0v) is 26.3. The highest BCUT2D eigenvalue weighted by Crippen LogP contribution is 2.58. The molecule has 0 saturated heterocycles. The summed E-state index contributed by atoms with van der Waals surface area (Å²) in [5.74, 6) is 0. The fourth-order valence-corrected chi connectivity index (χ4v) is 8.46. The lowest BCUT2D eigenvalue weighted by atomic mass is 9.66. The molecule has 0 fully saturated rings. The first-order valence-electron chi connectivity index (χ1n) is 16.7. The second-order valence-corrected chi connectivity index (χ2v) is 12.9. The van der Waals surface area contributed by atoms with E-state index >= 15 is 0 Å². The Kier molecular flexibility index (Phi) is 5.86. The molecule has 224 valence electrons. The quantitative estimate of drug-likeness (QED) is 0.187. The van der Waals surface area contributed by atoms with Crippen LogP contribution in [0.15, 0.2) is 188 Å². The monoisotopic (exact) mass is 609 g/mol. The van der Waals surface area contributed by atoms with E-state index in [1.807, 2.05) is 0 Å². The first kappa shape index (κ1) is 27.0. The summed E-state index contributed by atoms with van der Waals surface area (Å²) in [6.07, 6.45) is 0. The maximum atomic E-state index is 2.44. The normalized spacial score (nSPS) is 13.2. The Bertz CT molecular complexity index is 2610. The van der Waals surface area contributed by atoms with Gasteiger partial charge in [0.25, 0.3) is 0 Å². The van der Waals surface area contributed by atoms with Crippen molar-refractivity contribution in [3.05, 3.63) is 210 Å². The van der Waals surface area contributed by atoms with Crippen LogP contribution in [0.2, 0.25) is 0 Å². The SMILES string of the molecule is c1ccc(-n2c3ccccc3c3cc(-c4ccc5ccc6c(c5c4)C(c4ccccc4)(c4ccccc4)c4ccccc4-6)ccc32)cc1. The Hall–Kier alpha value is -6.18. The van der Waals surface area contributed by atoms with E-state index in [1.54, 1.807) is 0 Å². The van der Waals surface area contributed by atoms with Gasteiger partial charge in [-0.25, -0.2) is 0 Å². The van der Waals surface area contributed by atoms with Crippen molar-refractivity contribution in [1.29, 1.82) is 0 Å². The Morgan fingerprint density at radius 1 is 0.375 bits per heavy atom. The van der Waals surface area contributed by atoms with Crippen LogP contribution in [-0.4, -0.2) is 4.57 Å². The molecule has 0 saturated carbocycles. The highest BCUT2D eigenvalue weighted by atomic mass is 15.0. The predicted molar refractivity (Wildman–Crippen MR) is 201 cm³/mol. The van der Waals surface area contributed by atoms with Crippen LogP contribution < -0.4 is 0 Å². The van der Waals surface area contributed by atoms with Gasteiger partial charge in [-0.05, 0) is 91.7 Å². The minimum atomic E-state index is -0.445. The summed E-state index contributed by atoms with van der Waals surface area (Å²) >= 11 is 0. The van der Waals surface area contributed by atoms with E-state index in [2.05, 4.69) is 193 Å². The summed E-state index contributed by atoms with van der Waals surface area (Å²) in [5.41, 5.74) is 13.5.